The highest BCUT2D eigenvalue weighted by Crippen LogP contribution is 2.20. The maximum atomic E-state index is 12.7. The van der Waals surface area contributed by atoms with Crippen molar-refractivity contribution < 1.29 is 14.4 Å². The van der Waals surface area contributed by atoms with Crippen molar-refractivity contribution in [3.63, 3.8) is 0 Å². The molecule has 33 heavy (non-hydrogen) atoms. The second-order valence-electron chi connectivity index (χ2n) is 8.14. The van der Waals surface area contributed by atoms with Crippen LogP contribution < -0.4 is 16.0 Å². The lowest BCUT2D eigenvalue weighted by atomic mass is 10.0. The SMILES string of the molecule is CC(=O)NCCNc1cc(NC(=O)C(=O)N(C)C2CCN(C)CC2)nc(-c2ccccc2)n1. The largest absolute Gasteiger partial charge is 0.368 e. The summed E-state index contributed by atoms with van der Waals surface area (Å²) in [5.74, 6) is -0.347. The first-order valence-electron chi connectivity index (χ1n) is 11.0. The fourth-order valence-electron chi connectivity index (χ4n) is 3.63. The predicted molar refractivity (Wildman–Crippen MR) is 127 cm³/mol. The van der Waals surface area contributed by atoms with Gasteiger partial charge in [0.1, 0.15) is 11.6 Å². The maximum absolute atomic E-state index is 12.7. The van der Waals surface area contributed by atoms with Crippen molar-refractivity contribution in [2.24, 2.45) is 0 Å². The molecule has 2 heterocycles. The molecule has 0 bridgehead atoms. The second-order valence-corrected chi connectivity index (χ2v) is 8.14. The molecule has 3 rings (SSSR count). The number of nitrogens with one attached hydrogen (secondary N) is 3. The fraction of sp³-hybridized carbons (Fsp3) is 0.435. The van der Waals surface area contributed by atoms with E-state index < -0.39 is 11.8 Å². The topological polar surface area (TPSA) is 120 Å². The summed E-state index contributed by atoms with van der Waals surface area (Å²) < 4.78 is 0. The quantitative estimate of drug-likeness (QED) is 0.425. The Balaban J connectivity index is 1.73. The van der Waals surface area contributed by atoms with E-state index in [9.17, 15) is 14.4 Å². The molecule has 0 radical (unpaired) electrons. The number of amides is 3. The molecule has 176 valence electrons. The third-order valence-electron chi connectivity index (χ3n) is 5.56. The van der Waals surface area contributed by atoms with E-state index >= 15 is 0 Å². The van der Waals surface area contributed by atoms with E-state index in [4.69, 9.17) is 0 Å². The van der Waals surface area contributed by atoms with Crippen molar-refractivity contribution in [1.82, 2.24) is 25.1 Å². The Bertz CT molecular complexity index is 975. The number of carbonyl (C=O) groups excluding carboxylic acids is 3. The first-order valence-corrected chi connectivity index (χ1v) is 11.0. The Morgan fingerprint density at radius 3 is 2.39 bits per heavy atom. The average Bonchev–Trinajstić information content (AvgIpc) is 2.81. The highest BCUT2D eigenvalue weighted by molar-refractivity contribution is 6.39. The van der Waals surface area contributed by atoms with Crippen LogP contribution in [0.1, 0.15) is 19.8 Å². The van der Waals surface area contributed by atoms with Gasteiger partial charge in [-0.25, -0.2) is 9.97 Å². The van der Waals surface area contributed by atoms with Crippen molar-refractivity contribution in [2.45, 2.75) is 25.8 Å². The van der Waals surface area contributed by atoms with Crippen LogP contribution in [-0.2, 0) is 14.4 Å². The van der Waals surface area contributed by atoms with Crippen LogP contribution >= 0.6 is 0 Å². The van der Waals surface area contributed by atoms with Gasteiger partial charge >= 0.3 is 11.8 Å². The molecule has 2 aromatic rings. The summed E-state index contributed by atoms with van der Waals surface area (Å²) in [5, 5.41) is 8.45. The van der Waals surface area contributed by atoms with Crippen LogP contribution in [0.15, 0.2) is 36.4 Å². The van der Waals surface area contributed by atoms with E-state index in [0.29, 0.717) is 24.7 Å². The van der Waals surface area contributed by atoms with E-state index in [2.05, 4.69) is 30.8 Å². The molecule has 0 atom stereocenters. The van der Waals surface area contributed by atoms with Crippen molar-refractivity contribution in [2.75, 3.05) is 50.9 Å². The Labute approximate surface area is 193 Å². The molecular weight excluding hydrogens is 422 g/mol. The minimum absolute atomic E-state index is 0.0377. The number of hydrogen-bond donors (Lipinski definition) is 3. The summed E-state index contributed by atoms with van der Waals surface area (Å²) in [7, 11) is 3.72. The normalized spacial score (nSPS) is 14.4. The van der Waals surface area contributed by atoms with Crippen LogP contribution in [0.25, 0.3) is 11.4 Å². The lowest BCUT2D eigenvalue weighted by Crippen LogP contribution is -2.48. The number of aromatic nitrogens is 2. The number of likely N-dealkylation sites (tertiary alicyclic amines) is 1. The Kier molecular flexibility index (Phi) is 8.31. The molecule has 3 N–H and O–H groups in total. The zero-order valence-electron chi connectivity index (χ0n) is 19.3. The Morgan fingerprint density at radius 1 is 1.06 bits per heavy atom. The number of piperidine rings is 1. The highest BCUT2D eigenvalue weighted by Gasteiger charge is 2.28. The number of anilines is 2. The molecule has 1 saturated heterocycles. The van der Waals surface area contributed by atoms with E-state index in [1.807, 2.05) is 37.4 Å². The third kappa shape index (κ3) is 6.98. The number of hydrogen-bond acceptors (Lipinski definition) is 7. The summed E-state index contributed by atoms with van der Waals surface area (Å²) in [6.45, 7) is 4.09. The average molecular weight is 454 g/mol. The number of rotatable bonds is 7. The van der Waals surface area contributed by atoms with Gasteiger partial charge in [0.05, 0.1) is 0 Å². The van der Waals surface area contributed by atoms with Gasteiger partial charge in [0.15, 0.2) is 5.82 Å². The summed E-state index contributed by atoms with van der Waals surface area (Å²) in [4.78, 5) is 49.2. The summed E-state index contributed by atoms with van der Waals surface area (Å²) >= 11 is 0. The van der Waals surface area contributed by atoms with E-state index in [1.165, 1.54) is 11.8 Å². The molecule has 1 aliphatic rings. The highest BCUT2D eigenvalue weighted by atomic mass is 16.2. The molecule has 0 unspecified atom stereocenters. The Morgan fingerprint density at radius 2 is 1.73 bits per heavy atom. The van der Waals surface area contributed by atoms with Gasteiger partial charge in [-0.2, -0.15) is 0 Å². The lowest BCUT2D eigenvalue weighted by Gasteiger charge is -2.34. The van der Waals surface area contributed by atoms with E-state index in [0.717, 1.165) is 31.5 Å². The molecular formula is C23H31N7O3. The molecule has 1 aromatic carbocycles. The van der Waals surface area contributed by atoms with Gasteiger partial charge in [0.25, 0.3) is 0 Å². The molecule has 1 aromatic heterocycles. The Hall–Kier alpha value is -3.53. The van der Waals surface area contributed by atoms with Crippen molar-refractivity contribution in [1.29, 1.82) is 0 Å². The van der Waals surface area contributed by atoms with Crippen LogP contribution in [0.5, 0.6) is 0 Å². The molecule has 3 amide bonds. The van der Waals surface area contributed by atoms with Crippen molar-refractivity contribution in [3.05, 3.63) is 36.4 Å². The van der Waals surface area contributed by atoms with Gasteiger partial charge in [0.2, 0.25) is 5.91 Å². The third-order valence-corrected chi connectivity index (χ3v) is 5.56. The summed E-state index contributed by atoms with van der Waals surface area (Å²) in [6, 6.07) is 11.0. The molecule has 0 spiro atoms. The molecule has 10 nitrogen and oxygen atoms in total. The monoisotopic (exact) mass is 453 g/mol. The van der Waals surface area contributed by atoms with E-state index in [-0.39, 0.29) is 17.8 Å². The van der Waals surface area contributed by atoms with Gasteiger partial charge in [-0.1, -0.05) is 30.3 Å². The summed E-state index contributed by atoms with van der Waals surface area (Å²) in [5.41, 5.74) is 0.772. The number of likely N-dealkylation sites (N-methyl/N-ethyl adjacent to an activating group) is 1. The molecule has 1 aliphatic heterocycles. The van der Waals surface area contributed by atoms with Gasteiger partial charge in [-0.3, -0.25) is 14.4 Å². The van der Waals surface area contributed by atoms with Gasteiger partial charge in [-0.05, 0) is 33.0 Å². The minimum atomic E-state index is -0.738. The standard InChI is InChI=1S/C23H31N7O3/c1-16(31)24-11-12-25-19-15-20(27-21(26-19)17-7-5-4-6-8-17)28-22(32)23(33)30(3)18-9-13-29(2)14-10-18/h4-8,15,18H,9-14H2,1-3H3,(H,24,31)(H2,25,26,27,28,32). The van der Waals surface area contributed by atoms with Crippen LogP contribution in [-0.4, -0.2) is 83.8 Å². The van der Waals surface area contributed by atoms with Crippen LogP contribution in [0.4, 0.5) is 11.6 Å². The molecule has 0 saturated carbocycles. The van der Waals surface area contributed by atoms with Gasteiger partial charge in [0, 0.05) is 44.7 Å². The molecule has 10 heteroatoms. The zero-order valence-corrected chi connectivity index (χ0v) is 19.3. The lowest BCUT2D eigenvalue weighted by molar-refractivity contribution is -0.144. The second kappa shape index (κ2) is 11.4. The van der Waals surface area contributed by atoms with Crippen LogP contribution in [0, 0.1) is 0 Å². The minimum Gasteiger partial charge on any atom is -0.368 e. The number of benzene rings is 1. The fourth-order valence-corrected chi connectivity index (χ4v) is 3.63. The number of nitrogens with zero attached hydrogens (tertiary/aromatic N) is 4. The molecule has 1 fully saturated rings. The van der Waals surface area contributed by atoms with Crippen molar-refractivity contribution in [3.8, 4) is 11.4 Å². The first kappa shape index (κ1) is 24.1. The van der Waals surface area contributed by atoms with Gasteiger partial charge < -0.3 is 25.8 Å². The first-order chi connectivity index (χ1) is 15.8. The van der Waals surface area contributed by atoms with Crippen LogP contribution in [0.2, 0.25) is 0 Å². The maximum Gasteiger partial charge on any atom is 0.315 e. The summed E-state index contributed by atoms with van der Waals surface area (Å²) in [6.07, 6.45) is 1.67. The number of carbonyl (C=O) groups is 3. The van der Waals surface area contributed by atoms with Crippen LogP contribution in [0.3, 0.4) is 0 Å². The van der Waals surface area contributed by atoms with Gasteiger partial charge in [-0.15, -0.1) is 0 Å². The van der Waals surface area contributed by atoms with Crippen molar-refractivity contribution >= 4 is 29.4 Å². The smallest absolute Gasteiger partial charge is 0.315 e. The predicted octanol–water partition coefficient (Wildman–Crippen LogP) is 1.18. The molecule has 0 aliphatic carbocycles. The zero-order chi connectivity index (χ0) is 23.8. The van der Waals surface area contributed by atoms with E-state index in [1.54, 1.807) is 13.1 Å².